The largest absolute Gasteiger partial charge is 0.475 e. The molecule has 9 heteroatoms. The van der Waals surface area contributed by atoms with E-state index in [1.54, 1.807) is 13.0 Å². The molecule has 1 unspecified atom stereocenters. The number of carbonyl (C=O) groups excluding carboxylic acids is 2. The second-order valence-electron chi connectivity index (χ2n) is 8.18. The van der Waals surface area contributed by atoms with Crippen molar-refractivity contribution in [2.24, 2.45) is 11.3 Å². The number of ether oxygens (including phenoxy) is 1. The highest BCUT2D eigenvalue weighted by molar-refractivity contribution is 7.13. The number of halogens is 3. The summed E-state index contributed by atoms with van der Waals surface area (Å²) in [7, 11) is 0. The van der Waals surface area contributed by atoms with Crippen molar-refractivity contribution in [3.05, 3.63) is 17.0 Å². The van der Waals surface area contributed by atoms with Crippen molar-refractivity contribution in [1.29, 1.82) is 0 Å². The van der Waals surface area contributed by atoms with E-state index < -0.39 is 18.2 Å². The maximum atomic E-state index is 12.5. The maximum Gasteiger partial charge on any atom is 0.422 e. The Kier molecular flexibility index (Phi) is 7.14. The quantitative estimate of drug-likeness (QED) is 0.729. The molecule has 2 heterocycles. The number of rotatable bonds is 7. The molecule has 0 aliphatic carbocycles. The molecule has 1 N–H and O–H groups in total. The van der Waals surface area contributed by atoms with Crippen molar-refractivity contribution in [2.75, 3.05) is 26.2 Å². The molecule has 0 aromatic carbocycles. The molecule has 0 saturated carbocycles. The average Bonchev–Trinajstić information content (AvgIpc) is 3.20. The van der Waals surface area contributed by atoms with E-state index in [0.717, 1.165) is 16.2 Å². The molecule has 1 fully saturated rings. The van der Waals surface area contributed by atoms with Crippen molar-refractivity contribution in [2.45, 2.75) is 46.3 Å². The smallest absolute Gasteiger partial charge is 0.422 e. The first-order chi connectivity index (χ1) is 12.8. The Bertz CT molecular complexity index is 697. The third kappa shape index (κ3) is 6.77. The van der Waals surface area contributed by atoms with Gasteiger partial charge in [-0.25, -0.2) is 0 Å². The van der Waals surface area contributed by atoms with Gasteiger partial charge < -0.3 is 10.1 Å². The minimum Gasteiger partial charge on any atom is -0.475 e. The highest BCUT2D eigenvalue weighted by atomic mass is 32.1. The Morgan fingerprint density at radius 1 is 1.32 bits per heavy atom. The van der Waals surface area contributed by atoms with Gasteiger partial charge in [-0.2, -0.15) is 13.2 Å². The topological polar surface area (TPSA) is 58.6 Å². The number of alkyl halides is 3. The van der Waals surface area contributed by atoms with E-state index in [1.807, 2.05) is 25.7 Å². The highest BCUT2D eigenvalue weighted by Gasteiger charge is 2.32. The van der Waals surface area contributed by atoms with Crippen molar-refractivity contribution in [1.82, 2.24) is 10.2 Å². The summed E-state index contributed by atoms with van der Waals surface area (Å²) in [5.41, 5.74) is -0.403. The van der Waals surface area contributed by atoms with Crippen molar-refractivity contribution in [3.63, 3.8) is 0 Å². The molecule has 2 rings (SSSR count). The Hall–Kier alpha value is -1.61. The molecule has 1 aliphatic rings. The number of ketones is 1. The molecule has 0 bridgehead atoms. The van der Waals surface area contributed by atoms with E-state index in [9.17, 15) is 22.8 Å². The number of thiophene rings is 1. The van der Waals surface area contributed by atoms with Crippen molar-refractivity contribution < 1.29 is 27.5 Å². The summed E-state index contributed by atoms with van der Waals surface area (Å²) >= 11 is 1.09. The molecule has 0 radical (unpaired) electrons. The van der Waals surface area contributed by atoms with Gasteiger partial charge in [0, 0.05) is 16.8 Å². The summed E-state index contributed by atoms with van der Waals surface area (Å²) in [6.07, 6.45) is -3.70. The van der Waals surface area contributed by atoms with E-state index >= 15 is 0 Å². The fraction of sp³-hybridized carbons (Fsp3) is 0.684. The number of likely N-dealkylation sites (tertiary alicyclic amines) is 1. The first-order valence-corrected chi connectivity index (χ1v) is 10.0. The predicted molar refractivity (Wildman–Crippen MR) is 101 cm³/mol. The molecule has 28 heavy (non-hydrogen) atoms. The van der Waals surface area contributed by atoms with E-state index in [0.29, 0.717) is 26.1 Å². The van der Waals surface area contributed by atoms with Gasteiger partial charge in [0.15, 0.2) is 17.5 Å². The van der Waals surface area contributed by atoms with E-state index in [1.165, 1.54) is 6.07 Å². The molecule has 2 atom stereocenters. The van der Waals surface area contributed by atoms with Gasteiger partial charge in [0.2, 0.25) is 5.91 Å². The standard InChI is InChI=1S/C19H27F3N2O3S/c1-12(14-5-6-16(28-14)27-11-19(20,21)22)23-17(26)13-7-8-24(9-13)10-15(25)18(2,3)4/h5-6,12-13H,7-11H2,1-4H3,(H,23,26)/t12-,13?/m1/s1. The van der Waals surface area contributed by atoms with Gasteiger partial charge >= 0.3 is 6.18 Å². The third-order valence-electron chi connectivity index (χ3n) is 4.61. The summed E-state index contributed by atoms with van der Waals surface area (Å²) in [6.45, 7) is 7.66. The average molecular weight is 420 g/mol. The van der Waals surface area contributed by atoms with Crippen LogP contribution < -0.4 is 10.1 Å². The fourth-order valence-electron chi connectivity index (χ4n) is 2.83. The lowest BCUT2D eigenvalue weighted by molar-refractivity contribution is -0.152. The van der Waals surface area contributed by atoms with E-state index in [2.05, 4.69) is 5.32 Å². The zero-order valence-corrected chi connectivity index (χ0v) is 17.4. The molecular weight excluding hydrogens is 393 g/mol. The molecule has 0 spiro atoms. The number of hydrogen-bond donors (Lipinski definition) is 1. The molecule has 5 nitrogen and oxygen atoms in total. The first-order valence-electron chi connectivity index (χ1n) is 9.20. The van der Waals surface area contributed by atoms with Crippen LogP contribution in [0.2, 0.25) is 0 Å². The Labute approximate surface area is 167 Å². The van der Waals surface area contributed by atoms with Crippen molar-refractivity contribution in [3.8, 4) is 5.06 Å². The molecule has 1 aromatic rings. The van der Waals surface area contributed by atoms with E-state index in [-0.39, 0.29) is 28.7 Å². The lowest BCUT2D eigenvalue weighted by Gasteiger charge is -2.22. The molecule has 158 valence electrons. The van der Waals surface area contributed by atoms with E-state index in [4.69, 9.17) is 4.74 Å². The van der Waals surface area contributed by atoms with Crippen LogP contribution in [0, 0.1) is 11.3 Å². The molecule has 1 saturated heterocycles. The van der Waals surface area contributed by atoms with Crippen LogP contribution in [0.4, 0.5) is 13.2 Å². The van der Waals surface area contributed by atoms with Gasteiger partial charge in [-0.15, -0.1) is 11.3 Å². The van der Waals surface area contributed by atoms with Crippen molar-refractivity contribution >= 4 is 23.0 Å². The minimum absolute atomic E-state index is 0.107. The van der Waals surface area contributed by atoms with Crippen LogP contribution in [0.5, 0.6) is 5.06 Å². The lowest BCUT2D eigenvalue weighted by atomic mass is 9.90. The second kappa shape index (κ2) is 8.82. The number of Topliss-reactive ketones (excluding diaryl/α,β-unsaturated/α-hetero) is 1. The van der Waals surface area contributed by atoms with Gasteiger partial charge in [-0.1, -0.05) is 20.8 Å². The van der Waals surface area contributed by atoms with Crippen LogP contribution in [0.3, 0.4) is 0 Å². The third-order valence-corrected chi connectivity index (χ3v) is 5.79. The SMILES string of the molecule is C[C@@H](NC(=O)C1CCN(CC(=O)C(C)(C)C)C1)c1ccc(OCC(F)(F)F)s1. The number of carbonyl (C=O) groups is 2. The monoisotopic (exact) mass is 420 g/mol. The molecule has 1 aliphatic heterocycles. The Balaban J connectivity index is 1.83. The van der Waals surface area contributed by atoms with Gasteiger partial charge in [-0.05, 0) is 32.0 Å². The zero-order valence-electron chi connectivity index (χ0n) is 16.6. The summed E-state index contributed by atoms with van der Waals surface area (Å²) in [6, 6.07) is 2.81. The fourth-order valence-corrected chi connectivity index (χ4v) is 3.69. The van der Waals surface area contributed by atoms with Gasteiger partial charge in [-0.3, -0.25) is 14.5 Å². The van der Waals surface area contributed by atoms with Crippen LogP contribution in [0.15, 0.2) is 12.1 Å². The molecule has 1 amide bonds. The van der Waals surface area contributed by atoms with Crippen LogP contribution >= 0.6 is 11.3 Å². The second-order valence-corrected chi connectivity index (χ2v) is 9.26. The predicted octanol–water partition coefficient (Wildman–Crippen LogP) is 3.80. The summed E-state index contributed by atoms with van der Waals surface area (Å²) in [5.74, 6) is -0.160. The van der Waals surface area contributed by atoms with Gasteiger partial charge in [0.1, 0.15) is 0 Å². The number of nitrogens with zero attached hydrogens (tertiary/aromatic N) is 1. The number of amides is 1. The Morgan fingerprint density at radius 3 is 2.61 bits per heavy atom. The summed E-state index contributed by atoms with van der Waals surface area (Å²) < 4.78 is 41.4. The zero-order chi connectivity index (χ0) is 21.1. The Morgan fingerprint density at radius 2 is 2.00 bits per heavy atom. The number of nitrogens with one attached hydrogen (secondary N) is 1. The van der Waals surface area contributed by atoms with Gasteiger partial charge in [0.25, 0.3) is 0 Å². The number of hydrogen-bond acceptors (Lipinski definition) is 5. The van der Waals surface area contributed by atoms with Crippen LogP contribution in [-0.4, -0.2) is 49.0 Å². The first kappa shape index (κ1) is 22.7. The van der Waals surface area contributed by atoms with Gasteiger partial charge in [0.05, 0.1) is 18.5 Å². The van der Waals surface area contributed by atoms with Crippen LogP contribution in [0.1, 0.15) is 45.0 Å². The summed E-state index contributed by atoms with van der Waals surface area (Å²) in [4.78, 5) is 27.4. The molecular formula is C19H27F3N2O3S. The normalized spacial score (nSPS) is 19.5. The maximum absolute atomic E-state index is 12.5. The summed E-state index contributed by atoms with van der Waals surface area (Å²) in [5, 5.41) is 3.08. The highest BCUT2D eigenvalue weighted by Crippen LogP contribution is 2.31. The van der Waals surface area contributed by atoms with Crippen LogP contribution in [-0.2, 0) is 9.59 Å². The molecule has 1 aromatic heterocycles. The minimum atomic E-state index is -4.38. The van der Waals surface area contributed by atoms with Crippen LogP contribution in [0.25, 0.3) is 0 Å². The lowest BCUT2D eigenvalue weighted by Crippen LogP contribution is -2.37.